The zero-order chi connectivity index (χ0) is 30.9. The van der Waals surface area contributed by atoms with Gasteiger partial charge >= 0.3 is 6.18 Å². The van der Waals surface area contributed by atoms with E-state index in [4.69, 9.17) is 4.74 Å². The van der Waals surface area contributed by atoms with Crippen molar-refractivity contribution in [2.45, 2.75) is 32.0 Å². The second-order valence-electron chi connectivity index (χ2n) is 10.8. The van der Waals surface area contributed by atoms with E-state index < -0.39 is 35.0 Å². The molecule has 0 unspecified atom stereocenters. The molecule has 224 valence electrons. The molecule has 1 saturated heterocycles. The maximum atomic E-state index is 14.8. The van der Waals surface area contributed by atoms with Crippen molar-refractivity contribution in [1.29, 1.82) is 0 Å². The number of benzene rings is 3. The number of carbonyl (C=O) groups excluding carboxylic acids is 2. The van der Waals surface area contributed by atoms with E-state index in [2.05, 4.69) is 10.2 Å². The fraction of sp³-hybridized carbons (Fsp3) is 0.290. The Balaban J connectivity index is 1.25. The van der Waals surface area contributed by atoms with E-state index in [1.54, 1.807) is 30.3 Å². The number of alkyl halides is 3. The number of nitrogens with one attached hydrogen (secondary N) is 1. The highest BCUT2D eigenvalue weighted by Gasteiger charge is 2.37. The molecular formula is C31H28F4N4O4. The molecule has 4 aromatic rings. The largest absolute Gasteiger partial charge is 0.478 e. The molecule has 1 fully saturated rings. The molecule has 1 aliphatic heterocycles. The highest BCUT2D eigenvalue weighted by molar-refractivity contribution is 5.95. The molecule has 0 bridgehead atoms. The van der Waals surface area contributed by atoms with Crippen LogP contribution >= 0.6 is 0 Å². The van der Waals surface area contributed by atoms with Gasteiger partial charge in [0, 0.05) is 38.0 Å². The number of aromatic nitrogens is 2. The summed E-state index contributed by atoms with van der Waals surface area (Å²) in [5, 5.41) is 7.75. The van der Waals surface area contributed by atoms with Gasteiger partial charge in [0.25, 0.3) is 17.4 Å². The number of nitrogens with zero attached hydrogens (tertiary/aromatic N) is 3. The third kappa shape index (κ3) is 6.37. The number of piperazine rings is 1. The minimum atomic E-state index is -4.55. The fourth-order valence-electron chi connectivity index (χ4n) is 5.08. The number of H-pyrrole nitrogens is 1. The number of ether oxygens (including phenoxy) is 1. The van der Waals surface area contributed by atoms with E-state index in [1.807, 2.05) is 0 Å². The Kier molecular flexibility index (Phi) is 7.96. The summed E-state index contributed by atoms with van der Waals surface area (Å²) in [7, 11) is 0. The summed E-state index contributed by atoms with van der Waals surface area (Å²) in [4.78, 5) is 41.6. The Morgan fingerprint density at radius 3 is 2.28 bits per heavy atom. The van der Waals surface area contributed by atoms with Crippen LogP contribution in [0.4, 0.5) is 17.6 Å². The van der Waals surface area contributed by atoms with Gasteiger partial charge in [0.1, 0.15) is 11.6 Å². The molecule has 1 aromatic heterocycles. The first-order valence-electron chi connectivity index (χ1n) is 13.5. The van der Waals surface area contributed by atoms with Crippen molar-refractivity contribution in [3.8, 4) is 5.75 Å². The van der Waals surface area contributed by atoms with Gasteiger partial charge in [-0.1, -0.05) is 30.3 Å². The Labute approximate surface area is 243 Å². The third-order valence-corrected chi connectivity index (χ3v) is 7.31. The Morgan fingerprint density at radius 1 is 0.907 bits per heavy atom. The minimum Gasteiger partial charge on any atom is -0.478 e. The number of halogens is 4. The van der Waals surface area contributed by atoms with Crippen LogP contribution in [0, 0.1) is 5.82 Å². The second kappa shape index (κ2) is 11.5. The third-order valence-electron chi connectivity index (χ3n) is 7.31. The van der Waals surface area contributed by atoms with E-state index in [1.165, 1.54) is 47.9 Å². The fourth-order valence-corrected chi connectivity index (χ4v) is 5.08. The molecule has 1 aliphatic rings. The Morgan fingerprint density at radius 2 is 1.58 bits per heavy atom. The molecule has 2 heterocycles. The van der Waals surface area contributed by atoms with E-state index in [9.17, 15) is 31.9 Å². The molecule has 0 saturated carbocycles. The van der Waals surface area contributed by atoms with Gasteiger partial charge in [0.15, 0.2) is 5.60 Å². The summed E-state index contributed by atoms with van der Waals surface area (Å²) in [5.74, 6) is -1.78. The monoisotopic (exact) mass is 596 g/mol. The van der Waals surface area contributed by atoms with Crippen molar-refractivity contribution in [3.05, 3.63) is 105 Å². The summed E-state index contributed by atoms with van der Waals surface area (Å²) in [5.41, 5.74) is -1.62. The second-order valence-corrected chi connectivity index (χ2v) is 10.8. The number of carbonyl (C=O) groups is 2. The quantitative estimate of drug-likeness (QED) is 0.323. The van der Waals surface area contributed by atoms with E-state index >= 15 is 0 Å². The zero-order valence-corrected chi connectivity index (χ0v) is 23.4. The lowest BCUT2D eigenvalue weighted by Gasteiger charge is -2.38. The number of amides is 2. The molecule has 12 heteroatoms. The van der Waals surface area contributed by atoms with Gasteiger partial charge in [-0.15, -0.1) is 0 Å². The predicted molar refractivity (Wildman–Crippen MR) is 150 cm³/mol. The lowest BCUT2D eigenvalue weighted by atomic mass is 10.0. The molecule has 43 heavy (non-hydrogen) atoms. The number of hydrogen-bond donors (Lipinski definition) is 1. The van der Waals surface area contributed by atoms with Crippen molar-refractivity contribution in [2.75, 3.05) is 26.2 Å². The summed E-state index contributed by atoms with van der Waals surface area (Å²) >= 11 is 0. The van der Waals surface area contributed by atoms with Crippen LogP contribution in [0.25, 0.3) is 10.8 Å². The summed E-state index contributed by atoms with van der Waals surface area (Å²) < 4.78 is 59.8. The lowest BCUT2D eigenvalue weighted by Crippen LogP contribution is -2.56. The lowest BCUT2D eigenvalue weighted by molar-refractivity contribution is -0.147. The van der Waals surface area contributed by atoms with Crippen molar-refractivity contribution in [2.24, 2.45) is 0 Å². The van der Waals surface area contributed by atoms with Gasteiger partial charge in [-0.3, -0.25) is 14.4 Å². The van der Waals surface area contributed by atoms with Gasteiger partial charge in [0.2, 0.25) is 0 Å². The maximum Gasteiger partial charge on any atom is 0.416 e. The van der Waals surface area contributed by atoms with Gasteiger partial charge in [-0.2, -0.15) is 18.3 Å². The van der Waals surface area contributed by atoms with Crippen LogP contribution in [0.1, 0.15) is 41.0 Å². The molecule has 0 spiro atoms. The average Bonchev–Trinajstić information content (AvgIpc) is 2.98. The molecular weight excluding hydrogens is 568 g/mol. The summed E-state index contributed by atoms with van der Waals surface area (Å²) in [6.45, 7) is 3.45. The van der Waals surface area contributed by atoms with Crippen molar-refractivity contribution >= 4 is 22.6 Å². The first kappa shape index (κ1) is 29.7. The van der Waals surface area contributed by atoms with Crippen LogP contribution < -0.4 is 10.3 Å². The van der Waals surface area contributed by atoms with Gasteiger partial charge in [-0.25, -0.2) is 9.49 Å². The average molecular weight is 597 g/mol. The van der Waals surface area contributed by atoms with Crippen molar-refractivity contribution in [3.63, 3.8) is 0 Å². The number of aromatic amines is 1. The van der Waals surface area contributed by atoms with Crippen LogP contribution in [0.15, 0.2) is 71.5 Å². The molecule has 8 nitrogen and oxygen atoms in total. The number of fused-ring (bicyclic) bond motifs is 1. The molecule has 0 aliphatic carbocycles. The molecule has 1 N–H and O–H groups in total. The highest BCUT2D eigenvalue weighted by atomic mass is 19.4. The normalized spacial score (nSPS) is 14.2. The SMILES string of the molecule is CC(C)(Oc1cccc(C(F)(F)F)c1)C(=O)N1CCN(C(=O)c2cc(Cc3n[nH]c(=O)c4ccccc34)ccc2F)CC1. The standard InChI is InChI=1S/C31H28F4N4O4/c1-30(2,43-21-7-5-6-20(18-21)31(33,34)35)29(42)39-14-12-38(13-15-39)28(41)24-16-19(10-11-25(24)32)17-26-22-8-3-4-9-23(22)27(40)37-36-26/h3-11,16,18H,12-15,17H2,1-2H3,(H,37,40). The van der Waals surface area contributed by atoms with E-state index in [0.29, 0.717) is 22.0 Å². The Hall–Kier alpha value is -4.74. The molecule has 5 rings (SSSR count). The van der Waals surface area contributed by atoms with Crippen LogP contribution in [0.3, 0.4) is 0 Å². The first-order valence-corrected chi connectivity index (χ1v) is 13.5. The highest BCUT2D eigenvalue weighted by Crippen LogP contribution is 2.32. The smallest absolute Gasteiger partial charge is 0.416 e. The van der Waals surface area contributed by atoms with Gasteiger partial charge in [-0.05, 0) is 55.8 Å². The summed E-state index contributed by atoms with van der Waals surface area (Å²) in [6.07, 6.45) is -4.30. The maximum absolute atomic E-state index is 14.8. The van der Waals surface area contributed by atoms with Crippen LogP contribution in [0.5, 0.6) is 5.75 Å². The van der Waals surface area contributed by atoms with Crippen LogP contribution in [0.2, 0.25) is 0 Å². The molecule has 0 atom stereocenters. The van der Waals surface area contributed by atoms with E-state index in [0.717, 1.165) is 12.1 Å². The number of rotatable bonds is 6. The van der Waals surface area contributed by atoms with Gasteiger partial charge in [0.05, 0.1) is 22.2 Å². The Bertz CT molecular complexity index is 1740. The zero-order valence-electron chi connectivity index (χ0n) is 23.4. The van der Waals surface area contributed by atoms with Crippen molar-refractivity contribution in [1.82, 2.24) is 20.0 Å². The predicted octanol–water partition coefficient (Wildman–Crippen LogP) is 4.81. The topological polar surface area (TPSA) is 95.6 Å². The minimum absolute atomic E-state index is 0.0950. The van der Waals surface area contributed by atoms with Crippen molar-refractivity contribution < 1.29 is 31.9 Å². The first-order chi connectivity index (χ1) is 20.3. The number of hydrogen-bond acceptors (Lipinski definition) is 5. The van der Waals surface area contributed by atoms with Crippen LogP contribution in [-0.2, 0) is 17.4 Å². The molecule has 3 aromatic carbocycles. The summed E-state index contributed by atoms with van der Waals surface area (Å²) in [6, 6.07) is 15.5. The van der Waals surface area contributed by atoms with Gasteiger partial charge < -0.3 is 14.5 Å². The molecule has 2 amide bonds. The van der Waals surface area contributed by atoms with Crippen LogP contribution in [-0.4, -0.2) is 63.6 Å². The van der Waals surface area contributed by atoms with E-state index in [-0.39, 0.29) is 49.5 Å². The molecule has 0 radical (unpaired) electrons.